The molecule has 3 aromatic heterocycles. The van der Waals surface area contributed by atoms with Crippen LogP contribution in [0.3, 0.4) is 0 Å². The molecule has 2 aromatic carbocycles. The van der Waals surface area contributed by atoms with Gasteiger partial charge in [0.05, 0.1) is 29.5 Å². The van der Waals surface area contributed by atoms with Gasteiger partial charge in [0.1, 0.15) is 0 Å². The van der Waals surface area contributed by atoms with Crippen LogP contribution in [0.25, 0.3) is 27.6 Å². The molecule has 5 rings (SSSR count). The molecule has 5 nitrogen and oxygen atoms in total. The Balaban J connectivity index is 1.71. The van der Waals surface area contributed by atoms with E-state index in [-0.39, 0.29) is 5.69 Å². The molecule has 150 valence electrons. The molecule has 3 heterocycles. The average molecular weight is 417 g/mol. The minimum Gasteiger partial charge on any atom is -0.343 e. The maximum absolute atomic E-state index is 13.5. The monoisotopic (exact) mass is 416 g/mol. The van der Waals surface area contributed by atoms with Gasteiger partial charge in [-0.2, -0.15) is 0 Å². The van der Waals surface area contributed by atoms with Crippen molar-refractivity contribution in [2.75, 3.05) is 0 Å². The first-order chi connectivity index (χ1) is 14.6. The lowest BCUT2D eigenvalue weighted by molar-refractivity contribution is 0.675. The largest absolute Gasteiger partial charge is 0.343 e. The molecule has 0 unspecified atom stereocenters. The first-order valence-corrected chi connectivity index (χ1v) is 10.3. The summed E-state index contributed by atoms with van der Waals surface area (Å²) < 4.78 is 5.78. The number of imidazole rings is 1. The topological polar surface area (TPSA) is 44.8 Å². The van der Waals surface area contributed by atoms with Gasteiger partial charge in [0, 0.05) is 34.4 Å². The normalized spacial score (nSPS) is 11.6. The van der Waals surface area contributed by atoms with Crippen LogP contribution in [-0.2, 0) is 13.1 Å². The second kappa shape index (κ2) is 7.18. The average Bonchev–Trinajstić information content (AvgIpc) is 3.23. The highest BCUT2D eigenvalue weighted by atomic mass is 35.5. The van der Waals surface area contributed by atoms with E-state index >= 15 is 0 Å². The summed E-state index contributed by atoms with van der Waals surface area (Å²) in [5, 5.41) is 1.78. The fourth-order valence-corrected chi connectivity index (χ4v) is 4.34. The Kier molecular flexibility index (Phi) is 4.48. The zero-order chi connectivity index (χ0) is 20.8. The molecule has 30 heavy (non-hydrogen) atoms. The van der Waals surface area contributed by atoms with Crippen LogP contribution in [0.2, 0.25) is 5.02 Å². The molecule has 0 atom stereocenters. The van der Waals surface area contributed by atoms with Gasteiger partial charge in [-0.15, -0.1) is 0 Å². The summed E-state index contributed by atoms with van der Waals surface area (Å²) in [6.45, 7) is 5.41. The third-order valence-corrected chi connectivity index (χ3v) is 5.84. The molecule has 0 saturated carbocycles. The van der Waals surface area contributed by atoms with Crippen molar-refractivity contribution in [2.24, 2.45) is 0 Å². The number of aryl methyl sites for hydroxylation is 2. The molecule has 0 fully saturated rings. The van der Waals surface area contributed by atoms with Gasteiger partial charge in [-0.1, -0.05) is 29.3 Å². The summed E-state index contributed by atoms with van der Waals surface area (Å²) >= 11 is 6.19. The molecule has 0 amide bonds. The van der Waals surface area contributed by atoms with Crippen LogP contribution >= 0.6 is 11.6 Å². The van der Waals surface area contributed by atoms with Crippen molar-refractivity contribution in [2.45, 2.75) is 26.9 Å². The minimum atomic E-state index is -0.0761. The molecule has 5 aromatic rings. The van der Waals surface area contributed by atoms with E-state index in [4.69, 9.17) is 11.6 Å². The summed E-state index contributed by atoms with van der Waals surface area (Å²) in [5.74, 6) is 0. The zero-order valence-corrected chi connectivity index (χ0v) is 17.6. The Labute approximate surface area is 178 Å². The Morgan fingerprint density at radius 2 is 1.73 bits per heavy atom. The van der Waals surface area contributed by atoms with Crippen molar-refractivity contribution >= 4 is 33.5 Å². The predicted octanol–water partition coefficient (Wildman–Crippen LogP) is 5.17. The number of hydrogen-bond donors (Lipinski definition) is 0. The molecule has 0 saturated heterocycles. The molecule has 0 bridgehead atoms. The van der Waals surface area contributed by atoms with Gasteiger partial charge in [-0.3, -0.25) is 14.1 Å². The maximum atomic E-state index is 13.5. The molecule has 0 aliphatic heterocycles. The Hall–Kier alpha value is -3.31. The Bertz CT molecular complexity index is 1440. The lowest BCUT2D eigenvalue weighted by Crippen LogP contribution is -2.24. The van der Waals surface area contributed by atoms with Crippen molar-refractivity contribution in [3.8, 4) is 5.69 Å². The van der Waals surface area contributed by atoms with Crippen LogP contribution < -0.4 is 5.69 Å². The SMILES string of the molecule is CCn1c(Cn2c(=O)n(-c3ccc(C)cc3)c3ccncc32)cc2cc(Cl)ccc21. The molecule has 0 aliphatic carbocycles. The molecule has 0 aliphatic rings. The molecule has 0 radical (unpaired) electrons. The summed E-state index contributed by atoms with van der Waals surface area (Å²) in [6.07, 6.45) is 3.49. The number of hydrogen-bond acceptors (Lipinski definition) is 2. The number of nitrogens with zero attached hydrogens (tertiary/aromatic N) is 4. The van der Waals surface area contributed by atoms with E-state index in [9.17, 15) is 4.79 Å². The van der Waals surface area contributed by atoms with E-state index in [0.29, 0.717) is 11.6 Å². The molecular weight excluding hydrogens is 396 g/mol. The van der Waals surface area contributed by atoms with Gasteiger partial charge in [-0.05, 0) is 56.3 Å². The maximum Gasteiger partial charge on any atom is 0.334 e. The van der Waals surface area contributed by atoms with Gasteiger partial charge in [-0.25, -0.2) is 4.79 Å². The number of pyridine rings is 1. The highest BCUT2D eigenvalue weighted by molar-refractivity contribution is 6.31. The fraction of sp³-hybridized carbons (Fsp3) is 0.167. The smallest absolute Gasteiger partial charge is 0.334 e. The fourth-order valence-electron chi connectivity index (χ4n) is 4.16. The minimum absolute atomic E-state index is 0.0761. The van der Waals surface area contributed by atoms with Crippen molar-refractivity contribution in [1.29, 1.82) is 0 Å². The van der Waals surface area contributed by atoms with Crippen molar-refractivity contribution in [3.05, 3.63) is 93.8 Å². The van der Waals surface area contributed by atoms with Crippen LogP contribution in [-0.4, -0.2) is 18.7 Å². The lowest BCUT2D eigenvalue weighted by atomic mass is 10.2. The van der Waals surface area contributed by atoms with E-state index in [1.807, 2.05) is 55.5 Å². The van der Waals surface area contributed by atoms with Crippen molar-refractivity contribution in [1.82, 2.24) is 18.7 Å². The van der Waals surface area contributed by atoms with E-state index in [1.54, 1.807) is 21.5 Å². The summed E-state index contributed by atoms with van der Waals surface area (Å²) in [6, 6.07) is 17.9. The standard InChI is InChI=1S/C24H21ClN4O/c1-3-27-20(13-17-12-18(25)6-9-21(17)27)15-28-23-14-26-11-10-22(23)29(24(28)30)19-7-4-16(2)5-8-19/h4-14H,3,15H2,1-2H3. The number of benzene rings is 2. The number of halogens is 1. The van der Waals surface area contributed by atoms with E-state index in [2.05, 4.69) is 22.5 Å². The molecule has 6 heteroatoms. The van der Waals surface area contributed by atoms with Crippen LogP contribution in [0.4, 0.5) is 0 Å². The highest BCUT2D eigenvalue weighted by Gasteiger charge is 2.17. The zero-order valence-electron chi connectivity index (χ0n) is 16.8. The van der Waals surface area contributed by atoms with Crippen LogP contribution in [0.15, 0.2) is 71.8 Å². The Morgan fingerprint density at radius 1 is 0.933 bits per heavy atom. The van der Waals surface area contributed by atoms with Gasteiger partial charge in [0.15, 0.2) is 0 Å². The van der Waals surface area contributed by atoms with Crippen molar-refractivity contribution in [3.63, 3.8) is 0 Å². The summed E-state index contributed by atoms with van der Waals surface area (Å²) in [5.41, 5.74) is 5.77. The molecular formula is C24H21ClN4O. The van der Waals surface area contributed by atoms with Crippen LogP contribution in [0, 0.1) is 6.92 Å². The van der Waals surface area contributed by atoms with E-state index < -0.39 is 0 Å². The Morgan fingerprint density at radius 3 is 2.50 bits per heavy atom. The van der Waals surface area contributed by atoms with Gasteiger partial charge >= 0.3 is 5.69 Å². The van der Waals surface area contributed by atoms with Crippen LogP contribution in [0.1, 0.15) is 18.2 Å². The first kappa shape index (κ1) is 18.7. The van der Waals surface area contributed by atoms with Gasteiger partial charge in [0.25, 0.3) is 0 Å². The third-order valence-electron chi connectivity index (χ3n) is 5.61. The molecule has 0 spiro atoms. The summed E-state index contributed by atoms with van der Waals surface area (Å²) in [4.78, 5) is 17.8. The quantitative estimate of drug-likeness (QED) is 0.405. The van der Waals surface area contributed by atoms with Gasteiger partial charge in [0.2, 0.25) is 0 Å². The molecule has 0 N–H and O–H groups in total. The first-order valence-electron chi connectivity index (χ1n) is 9.97. The lowest BCUT2D eigenvalue weighted by Gasteiger charge is -2.09. The third kappa shape index (κ3) is 2.94. The van der Waals surface area contributed by atoms with Crippen molar-refractivity contribution < 1.29 is 0 Å². The number of aromatic nitrogens is 4. The van der Waals surface area contributed by atoms with Crippen LogP contribution in [0.5, 0.6) is 0 Å². The number of rotatable bonds is 4. The second-order valence-electron chi connectivity index (χ2n) is 7.49. The highest BCUT2D eigenvalue weighted by Crippen LogP contribution is 2.25. The van der Waals surface area contributed by atoms with Gasteiger partial charge < -0.3 is 4.57 Å². The van der Waals surface area contributed by atoms with E-state index in [0.717, 1.165) is 45.4 Å². The second-order valence-corrected chi connectivity index (χ2v) is 7.92. The predicted molar refractivity (Wildman–Crippen MR) is 122 cm³/mol. The summed E-state index contributed by atoms with van der Waals surface area (Å²) in [7, 11) is 0. The number of fused-ring (bicyclic) bond motifs is 2. The van der Waals surface area contributed by atoms with E-state index in [1.165, 1.54) is 0 Å².